The van der Waals surface area contributed by atoms with Gasteiger partial charge in [0.05, 0.1) is 17.3 Å². The molecule has 3 heteroatoms. The second kappa shape index (κ2) is 7.71. The van der Waals surface area contributed by atoms with Crippen molar-refractivity contribution >= 4 is 0 Å². The minimum absolute atomic E-state index is 0.0612. The van der Waals surface area contributed by atoms with Crippen LogP contribution in [-0.2, 0) is 0 Å². The summed E-state index contributed by atoms with van der Waals surface area (Å²) < 4.78 is 0. The number of hydrogen-bond donors (Lipinski definition) is 3. The number of rotatable bonds is 4. The van der Waals surface area contributed by atoms with Gasteiger partial charge in [-0.25, -0.2) is 0 Å². The zero-order valence-electron chi connectivity index (χ0n) is 20.6. The van der Waals surface area contributed by atoms with Gasteiger partial charge in [-0.05, 0) is 73.5 Å². The molecule has 0 aromatic heterocycles. The molecule has 4 rings (SSSR count). The summed E-state index contributed by atoms with van der Waals surface area (Å²) >= 11 is 0. The van der Waals surface area contributed by atoms with Crippen molar-refractivity contribution in [1.82, 2.24) is 0 Å². The van der Waals surface area contributed by atoms with Crippen molar-refractivity contribution in [3.05, 3.63) is 24.3 Å². The molecule has 3 N–H and O–H groups in total. The third kappa shape index (κ3) is 3.40. The van der Waals surface area contributed by atoms with Crippen molar-refractivity contribution in [3.63, 3.8) is 0 Å². The Morgan fingerprint density at radius 1 is 0.871 bits per heavy atom. The Bertz CT molecular complexity index is 743. The molecule has 4 aliphatic rings. The molecule has 0 aromatic carbocycles. The van der Waals surface area contributed by atoms with Gasteiger partial charge in [0, 0.05) is 17.8 Å². The van der Waals surface area contributed by atoms with E-state index in [4.69, 9.17) is 0 Å². The lowest BCUT2D eigenvalue weighted by Crippen LogP contribution is -2.67. The molecule has 4 aliphatic carbocycles. The van der Waals surface area contributed by atoms with Crippen LogP contribution in [0.25, 0.3) is 0 Å². The Morgan fingerprint density at radius 2 is 1.58 bits per heavy atom. The number of fused-ring (bicyclic) bond motifs is 5. The van der Waals surface area contributed by atoms with Gasteiger partial charge >= 0.3 is 0 Å². The van der Waals surface area contributed by atoms with Crippen LogP contribution in [-0.4, -0.2) is 32.6 Å². The third-order valence-corrected chi connectivity index (χ3v) is 10.8. The average molecular weight is 431 g/mol. The minimum Gasteiger partial charge on any atom is -0.393 e. The molecular formula is C28H46O3. The summed E-state index contributed by atoms with van der Waals surface area (Å²) in [6.45, 7) is 13.8. The Morgan fingerprint density at radius 3 is 2.26 bits per heavy atom. The quantitative estimate of drug-likeness (QED) is 0.516. The molecule has 3 nitrogen and oxygen atoms in total. The Hall–Kier alpha value is -0.640. The maximum atomic E-state index is 12.2. The van der Waals surface area contributed by atoms with Gasteiger partial charge in [0.15, 0.2) is 0 Å². The molecule has 10 atom stereocenters. The van der Waals surface area contributed by atoms with Gasteiger partial charge in [0.1, 0.15) is 0 Å². The highest BCUT2D eigenvalue weighted by molar-refractivity contribution is 5.31. The summed E-state index contributed by atoms with van der Waals surface area (Å²) in [5.41, 5.74) is -2.09. The molecule has 0 aromatic rings. The van der Waals surface area contributed by atoms with Gasteiger partial charge in [-0.1, -0.05) is 65.8 Å². The van der Waals surface area contributed by atoms with Crippen molar-refractivity contribution in [2.75, 3.05) is 0 Å². The van der Waals surface area contributed by atoms with E-state index in [9.17, 15) is 15.3 Å². The van der Waals surface area contributed by atoms with E-state index in [0.29, 0.717) is 30.1 Å². The lowest BCUT2D eigenvalue weighted by atomic mass is 9.43. The summed E-state index contributed by atoms with van der Waals surface area (Å²) in [6.07, 6.45) is 14.4. The molecule has 0 aliphatic heterocycles. The van der Waals surface area contributed by atoms with E-state index in [1.807, 2.05) is 12.2 Å². The third-order valence-electron chi connectivity index (χ3n) is 10.8. The van der Waals surface area contributed by atoms with Crippen LogP contribution < -0.4 is 0 Å². The Balaban J connectivity index is 1.62. The van der Waals surface area contributed by atoms with Crippen LogP contribution in [0, 0.1) is 46.3 Å². The van der Waals surface area contributed by atoms with Crippen molar-refractivity contribution in [1.29, 1.82) is 0 Å². The van der Waals surface area contributed by atoms with Gasteiger partial charge in [-0.3, -0.25) is 0 Å². The van der Waals surface area contributed by atoms with Crippen molar-refractivity contribution < 1.29 is 15.3 Å². The summed E-state index contributed by atoms with van der Waals surface area (Å²) in [4.78, 5) is 0. The maximum Gasteiger partial charge on any atom is 0.0910 e. The number of aliphatic hydroxyl groups excluding tert-OH is 1. The van der Waals surface area contributed by atoms with Gasteiger partial charge < -0.3 is 15.3 Å². The number of hydrogen-bond acceptors (Lipinski definition) is 3. The minimum atomic E-state index is -1.00. The Labute approximate surface area is 190 Å². The summed E-state index contributed by atoms with van der Waals surface area (Å²) in [5.74, 6) is 2.66. The monoisotopic (exact) mass is 430 g/mol. The fraction of sp³-hybridized carbons (Fsp3) is 0.857. The van der Waals surface area contributed by atoms with Crippen LogP contribution in [0.15, 0.2) is 24.3 Å². The first-order valence-electron chi connectivity index (χ1n) is 12.9. The molecule has 0 amide bonds. The molecule has 31 heavy (non-hydrogen) atoms. The van der Waals surface area contributed by atoms with E-state index in [-0.39, 0.29) is 22.7 Å². The van der Waals surface area contributed by atoms with E-state index in [1.165, 1.54) is 6.42 Å². The SMILES string of the molecule is CC(C)[C@@H](C)/C=C/[C@@H](C)[C@H]1CC[C@H]2[C@]3(O)C=C[C@]4(O)C[C@@H](O)CC[C@]4(C)[C@H]3CC[C@]12C. The molecule has 3 saturated carbocycles. The molecule has 3 fully saturated rings. The topological polar surface area (TPSA) is 60.7 Å². The fourth-order valence-corrected chi connectivity index (χ4v) is 8.33. The lowest BCUT2D eigenvalue weighted by molar-refractivity contribution is -0.220. The van der Waals surface area contributed by atoms with Crippen LogP contribution in [0.1, 0.15) is 86.5 Å². The van der Waals surface area contributed by atoms with E-state index < -0.39 is 17.3 Å². The van der Waals surface area contributed by atoms with Crippen LogP contribution in [0.2, 0.25) is 0 Å². The number of allylic oxidation sites excluding steroid dienone is 2. The molecular weight excluding hydrogens is 384 g/mol. The van der Waals surface area contributed by atoms with Gasteiger partial charge in [0.2, 0.25) is 0 Å². The summed E-state index contributed by atoms with van der Waals surface area (Å²) in [6, 6.07) is 0. The highest BCUT2D eigenvalue weighted by Gasteiger charge is 2.68. The number of aliphatic hydroxyl groups is 3. The Kier molecular flexibility index (Phi) is 5.84. The predicted molar refractivity (Wildman–Crippen MR) is 126 cm³/mol. The van der Waals surface area contributed by atoms with E-state index >= 15 is 0 Å². The second-order valence-electron chi connectivity index (χ2n) is 12.6. The zero-order chi connectivity index (χ0) is 22.8. The molecule has 0 unspecified atom stereocenters. The maximum absolute atomic E-state index is 12.2. The lowest BCUT2D eigenvalue weighted by Gasteiger charge is -2.64. The van der Waals surface area contributed by atoms with E-state index in [2.05, 4.69) is 53.7 Å². The van der Waals surface area contributed by atoms with Crippen molar-refractivity contribution in [2.45, 2.75) is 104 Å². The van der Waals surface area contributed by atoms with Crippen LogP contribution in [0.4, 0.5) is 0 Å². The first kappa shape index (κ1) is 23.5. The molecule has 0 bridgehead atoms. The van der Waals surface area contributed by atoms with Crippen LogP contribution in [0.3, 0.4) is 0 Å². The van der Waals surface area contributed by atoms with Gasteiger partial charge in [-0.2, -0.15) is 0 Å². The van der Waals surface area contributed by atoms with Gasteiger partial charge in [-0.15, -0.1) is 0 Å². The first-order chi connectivity index (χ1) is 14.4. The molecule has 0 radical (unpaired) electrons. The van der Waals surface area contributed by atoms with Crippen LogP contribution in [0.5, 0.6) is 0 Å². The average Bonchev–Trinajstić information content (AvgIpc) is 3.05. The van der Waals surface area contributed by atoms with E-state index in [1.54, 1.807) is 0 Å². The molecule has 0 spiro atoms. The van der Waals surface area contributed by atoms with E-state index in [0.717, 1.165) is 32.1 Å². The molecule has 0 heterocycles. The first-order valence-corrected chi connectivity index (χ1v) is 12.9. The zero-order valence-corrected chi connectivity index (χ0v) is 20.6. The van der Waals surface area contributed by atoms with Crippen LogP contribution >= 0.6 is 0 Å². The largest absolute Gasteiger partial charge is 0.393 e. The highest BCUT2D eigenvalue weighted by atomic mass is 16.3. The molecule has 0 saturated heterocycles. The summed E-state index contributed by atoms with van der Waals surface area (Å²) in [5, 5.41) is 34.0. The van der Waals surface area contributed by atoms with Crippen molar-refractivity contribution in [3.8, 4) is 0 Å². The van der Waals surface area contributed by atoms with Crippen molar-refractivity contribution in [2.24, 2.45) is 46.3 Å². The normalized spacial score (nSPS) is 51.4. The second-order valence-corrected chi connectivity index (χ2v) is 12.6. The predicted octanol–water partition coefficient (Wildman–Crippen LogP) is 5.50. The molecule has 176 valence electrons. The highest BCUT2D eigenvalue weighted by Crippen LogP contribution is 2.68. The smallest absolute Gasteiger partial charge is 0.0910 e. The fourth-order valence-electron chi connectivity index (χ4n) is 8.33. The summed E-state index contributed by atoms with van der Waals surface area (Å²) in [7, 11) is 0. The van der Waals surface area contributed by atoms with Gasteiger partial charge in [0.25, 0.3) is 0 Å². The standard InChI is InChI=1S/C28H46O3/c1-18(2)19(3)7-8-20(4)22-9-10-23-25(22,5)13-12-24-26(6)14-11-21(29)17-27(26,30)15-16-28(23,24)31/h7-8,15-16,18-24,29-31H,9-14,17H2,1-6H3/b8-7+/t19-,20+,21-,22+,23+,24+,25+,26+,27-,28+/m0/s1.